The number of carboxylic acid groups (broad SMARTS) is 1. The second-order valence-electron chi connectivity index (χ2n) is 5.91. The summed E-state index contributed by atoms with van der Waals surface area (Å²) in [6, 6.07) is 13.8. The van der Waals surface area contributed by atoms with Crippen molar-refractivity contribution < 1.29 is 19.4 Å². The van der Waals surface area contributed by atoms with Crippen LogP contribution in [-0.4, -0.2) is 35.7 Å². The van der Waals surface area contributed by atoms with E-state index in [2.05, 4.69) is 5.32 Å². The third-order valence-electron chi connectivity index (χ3n) is 4.31. The summed E-state index contributed by atoms with van der Waals surface area (Å²) in [5.74, 6) is -1.27. The van der Waals surface area contributed by atoms with Crippen LogP contribution in [0.2, 0.25) is 0 Å². The molecule has 1 aliphatic rings. The Labute approximate surface area is 134 Å². The molecule has 1 saturated heterocycles. The summed E-state index contributed by atoms with van der Waals surface area (Å²) < 4.78 is 5.21. The molecule has 1 aliphatic heterocycles. The molecule has 0 unspecified atom stereocenters. The van der Waals surface area contributed by atoms with E-state index in [1.54, 1.807) is 0 Å². The average Bonchev–Trinajstić information content (AvgIpc) is 2.55. The molecule has 0 bridgehead atoms. The molecule has 2 aromatic carbocycles. The fourth-order valence-corrected chi connectivity index (χ4v) is 2.96. The lowest BCUT2D eigenvalue weighted by Gasteiger charge is -2.33. The first-order valence-corrected chi connectivity index (χ1v) is 7.69. The first-order valence-electron chi connectivity index (χ1n) is 7.69. The van der Waals surface area contributed by atoms with Crippen molar-refractivity contribution in [3.05, 3.63) is 48.0 Å². The van der Waals surface area contributed by atoms with Crippen LogP contribution in [0, 0.1) is 0 Å². The third-order valence-corrected chi connectivity index (χ3v) is 4.31. The van der Waals surface area contributed by atoms with Crippen molar-refractivity contribution >= 4 is 22.6 Å². The largest absolute Gasteiger partial charge is 0.480 e. The van der Waals surface area contributed by atoms with Gasteiger partial charge in [-0.25, -0.2) is 4.79 Å². The zero-order valence-electron chi connectivity index (χ0n) is 12.7. The van der Waals surface area contributed by atoms with E-state index in [-0.39, 0.29) is 12.3 Å². The molecular formula is C18H19NO4. The Morgan fingerprint density at radius 1 is 1.09 bits per heavy atom. The molecule has 0 spiro atoms. The zero-order valence-corrected chi connectivity index (χ0v) is 12.7. The summed E-state index contributed by atoms with van der Waals surface area (Å²) in [6.45, 7) is 0.700. The zero-order chi connectivity index (χ0) is 16.3. The summed E-state index contributed by atoms with van der Waals surface area (Å²) in [6.07, 6.45) is 0.762. The van der Waals surface area contributed by atoms with E-state index in [9.17, 15) is 14.7 Å². The Morgan fingerprint density at radius 3 is 2.48 bits per heavy atom. The number of benzene rings is 2. The quantitative estimate of drug-likeness (QED) is 0.906. The molecule has 2 aromatic rings. The van der Waals surface area contributed by atoms with Gasteiger partial charge in [0.1, 0.15) is 5.54 Å². The molecule has 2 N–H and O–H groups in total. The molecule has 0 saturated carbocycles. The number of aliphatic carboxylic acids is 1. The maximum Gasteiger partial charge on any atom is 0.329 e. The van der Waals surface area contributed by atoms with Gasteiger partial charge in [0.05, 0.1) is 6.42 Å². The van der Waals surface area contributed by atoms with Crippen molar-refractivity contribution in [1.82, 2.24) is 5.32 Å². The normalized spacial score (nSPS) is 16.9. The fourth-order valence-electron chi connectivity index (χ4n) is 2.96. The molecule has 0 atom stereocenters. The number of carbonyl (C=O) groups excluding carboxylic acids is 1. The molecular weight excluding hydrogens is 294 g/mol. The van der Waals surface area contributed by atoms with Crippen LogP contribution in [0.25, 0.3) is 10.8 Å². The number of amides is 1. The Hall–Kier alpha value is -2.40. The minimum atomic E-state index is -1.20. The number of rotatable bonds is 4. The molecule has 120 valence electrons. The molecule has 5 heteroatoms. The van der Waals surface area contributed by atoms with Crippen LogP contribution in [0.15, 0.2) is 42.5 Å². The Balaban J connectivity index is 1.73. The van der Waals surface area contributed by atoms with Crippen LogP contribution in [-0.2, 0) is 20.7 Å². The Kier molecular flexibility index (Phi) is 4.30. The lowest BCUT2D eigenvalue weighted by molar-refractivity contribution is -0.152. The predicted molar refractivity (Wildman–Crippen MR) is 86.2 cm³/mol. The number of carbonyl (C=O) groups is 2. The molecule has 1 heterocycles. The smallest absolute Gasteiger partial charge is 0.329 e. The van der Waals surface area contributed by atoms with Gasteiger partial charge in [0, 0.05) is 26.1 Å². The minimum Gasteiger partial charge on any atom is -0.480 e. The summed E-state index contributed by atoms with van der Waals surface area (Å²) in [7, 11) is 0. The van der Waals surface area contributed by atoms with Gasteiger partial charge in [-0.3, -0.25) is 4.79 Å². The number of carboxylic acids is 1. The molecule has 1 amide bonds. The van der Waals surface area contributed by atoms with Gasteiger partial charge in [0.25, 0.3) is 0 Å². The number of hydrogen-bond donors (Lipinski definition) is 2. The van der Waals surface area contributed by atoms with E-state index >= 15 is 0 Å². The number of nitrogens with one attached hydrogen (secondary N) is 1. The SMILES string of the molecule is O=C(Cc1ccc2ccccc2c1)NC1(C(=O)O)CCOCC1. The van der Waals surface area contributed by atoms with E-state index < -0.39 is 11.5 Å². The second kappa shape index (κ2) is 6.38. The van der Waals surface area contributed by atoms with Gasteiger partial charge < -0.3 is 15.2 Å². The molecule has 3 rings (SSSR count). The highest BCUT2D eigenvalue weighted by atomic mass is 16.5. The van der Waals surface area contributed by atoms with Crippen LogP contribution in [0.4, 0.5) is 0 Å². The maximum absolute atomic E-state index is 12.3. The molecule has 1 fully saturated rings. The maximum atomic E-state index is 12.3. The predicted octanol–water partition coefficient (Wildman–Crippen LogP) is 2.13. The van der Waals surface area contributed by atoms with Crippen LogP contribution in [0.5, 0.6) is 0 Å². The average molecular weight is 313 g/mol. The van der Waals surface area contributed by atoms with Gasteiger partial charge in [0.15, 0.2) is 0 Å². The summed E-state index contributed by atoms with van der Waals surface area (Å²) in [4.78, 5) is 23.9. The first kappa shape index (κ1) is 15.5. The van der Waals surface area contributed by atoms with E-state index in [4.69, 9.17) is 4.74 Å². The van der Waals surface area contributed by atoms with Gasteiger partial charge in [-0.15, -0.1) is 0 Å². The third kappa shape index (κ3) is 3.35. The fraction of sp³-hybridized carbons (Fsp3) is 0.333. The lowest BCUT2D eigenvalue weighted by atomic mass is 9.89. The van der Waals surface area contributed by atoms with Crippen molar-refractivity contribution in [1.29, 1.82) is 0 Å². The van der Waals surface area contributed by atoms with Gasteiger partial charge in [-0.05, 0) is 16.3 Å². The second-order valence-corrected chi connectivity index (χ2v) is 5.91. The molecule has 5 nitrogen and oxygen atoms in total. The minimum absolute atomic E-state index is 0.167. The van der Waals surface area contributed by atoms with Crippen LogP contribution in [0.1, 0.15) is 18.4 Å². The van der Waals surface area contributed by atoms with Crippen LogP contribution in [0.3, 0.4) is 0 Å². The van der Waals surface area contributed by atoms with Crippen molar-refractivity contribution in [3.63, 3.8) is 0 Å². The monoisotopic (exact) mass is 313 g/mol. The van der Waals surface area contributed by atoms with Crippen molar-refractivity contribution in [2.75, 3.05) is 13.2 Å². The number of fused-ring (bicyclic) bond motifs is 1. The molecule has 23 heavy (non-hydrogen) atoms. The standard InChI is InChI=1S/C18H19NO4/c20-16(19-18(17(21)22)7-9-23-10-8-18)12-13-5-6-14-3-1-2-4-15(14)11-13/h1-6,11H,7-10,12H2,(H,19,20)(H,21,22). The molecule has 0 aliphatic carbocycles. The Morgan fingerprint density at radius 2 is 1.78 bits per heavy atom. The van der Waals surface area contributed by atoms with Gasteiger partial charge in [-0.1, -0.05) is 42.5 Å². The molecule has 0 radical (unpaired) electrons. The molecule has 0 aromatic heterocycles. The highest BCUT2D eigenvalue weighted by molar-refractivity contribution is 5.89. The summed E-state index contributed by atoms with van der Waals surface area (Å²) in [5.41, 5.74) is -0.333. The van der Waals surface area contributed by atoms with Gasteiger partial charge >= 0.3 is 5.97 Å². The van der Waals surface area contributed by atoms with E-state index in [0.29, 0.717) is 26.1 Å². The summed E-state index contributed by atoms with van der Waals surface area (Å²) >= 11 is 0. The van der Waals surface area contributed by atoms with Gasteiger partial charge in [0.2, 0.25) is 5.91 Å². The van der Waals surface area contributed by atoms with E-state index in [1.165, 1.54) is 0 Å². The summed E-state index contributed by atoms with van der Waals surface area (Å²) in [5, 5.41) is 14.4. The topological polar surface area (TPSA) is 75.6 Å². The first-order chi connectivity index (χ1) is 11.1. The van der Waals surface area contributed by atoms with Crippen molar-refractivity contribution in [2.24, 2.45) is 0 Å². The van der Waals surface area contributed by atoms with Crippen molar-refractivity contribution in [2.45, 2.75) is 24.8 Å². The Bertz CT molecular complexity index is 735. The van der Waals surface area contributed by atoms with Crippen molar-refractivity contribution in [3.8, 4) is 0 Å². The van der Waals surface area contributed by atoms with Crippen LogP contribution >= 0.6 is 0 Å². The van der Waals surface area contributed by atoms with Crippen LogP contribution < -0.4 is 5.32 Å². The van der Waals surface area contributed by atoms with Gasteiger partial charge in [-0.2, -0.15) is 0 Å². The van der Waals surface area contributed by atoms with E-state index in [0.717, 1.165) is 16.3 Å². The highest BCUT2D eigenvalue weighted by Crippen LogP contribution is 2.22. The highest BCUT2D eigenvalue weighted by Gasteiger charge is 2.41. The number of ether oxygens (including phenoxy) is 1. The lowest BCUT2D eigenvalue weighted by Crippen LogP contribution is -2.57. The van der Waals surface area contributed by atoms with E-state index in [1.807, 2.05) is 42.5 Å². The number of hydrogen-bond acceptors (Lipinski definition) is 3.